The molecule has 0 saturated heterocycles. The summed E-state index contributed by atoms with van der Waals surface area (Å²) >= 11 is 0. The van der Waals surface area contributed by atoms with E-state index in [4.69, 9.17) is 5.73 Å². The predicted octanol–water partition coefficient (Wildman–Crippen LogP) is 1.52. The van der Waals surface area contributed by atoms with Gasteiger partial charge in [0, 0.05) is 47.4 Å². The van der Waals surface area contributed by atoms with Gasteiger partial charge in [-0.05, 0) is 6.07 Å². The van der Waals surface area contributed by atoms with Crippen molar-refractivity contribution in [2.24, 2.45) is 5.73 Å². The number of H-pyrrole nitrogens is 1. The fourth-order valence-corrected chi connectivity index (χ4v) is 1.93. The molecule has 0 bridgehead atoms. The van der Waals surface area contributed by atoms with Gasteiger partial charge < -0.3 is 10.7 Å². The van der Waals surface area contributed by atoms with Crippen LogP contribution >= 0.6 is 0 Å². The van der Waals surface area contributed by atoms with Gasteiger partial charge in [0.05, 0.1) is 5.56 Å². The summed E-state index contributed by atoms with van der Waals surface area (Å²) < 4.78 is 0. The molecule has 0 unspecified atom stereocenters. The monoisotopic (exact) mass is 237 g/mol. The van der Waals surface area contributed by atoms with Crippen molar-refractivity contribution in [1.29, 1.82) is 0 Å². The van der Waals surface area contributed by atoms with Gasteiger partial charge in [-0.2, -0.15) is 0 Å². The molecule has 3 N–H and O–H groups in total. The summed E-state index contributed by atoms with van der Waals surface area (Å²) in [6, 6.07) is 6.59. The highest BCUT2D eigenvalue weighted by Gasteiger charge is 2.15. The van der Waals surface area contributed by atoms with E-state index in [-0.39, 0.29) is 0 Å². The molecule has 1 amide bonds. The normalized spacial score (nSPS) is 10.7. The smallest absolute Gasteiger partial charge is 0.250 e. The minimum Gasteiger partial charge on any atom is -0.366 e. The summed E-state index contributed by atoms with van der Waals surface area (Å²) in [6.45, 7) is 0. The number of primary amides is 1. The lowest BCUT2D eigenvalue weighted by Gasteiger charge is -2.07. The first-order valence-corrected chi connectivity index (χ1v) is 5.35. The molecule has 0 saturated carbocycles. The molecule has 0 aromatic carbocycles. The Hall–Kier alpha value is -2.69. The van der Waals surface area contributed by atoms with Gasteiger partial charge in [-0.25, -0.2) is 4.98 Å². The lowest BCUT2D eigenvalue weighted by atomic mass is 10.0. The largest absolute Gasteiger partial charge is 0.366 e. The van der Waals surface area contributed by atoms with E-state index in [1.54, 1.807) is 30.9 Å². The van der Waals surface area contributed by atoms with Crippen molar-refractivity contribution in [2.45, 2.75) is 0 Å². The number of aromatic amines is 1. The van der Waals surface area contributed by atoms with Gasteiger partial charge in [0.25, 0.3) is 0 Å². The zero-order valence-corrected chi connectivity index (χ0v) is 9.34. The van der Waals surface area contributed by atoms with E-state index in [0.717, 1.165) is 5.56 Å². The summed E-state index contributed by atoms with van der Waals surface area (Å²) in [5.41, 5.74) is 7.93. The van der Waals surface area contributed by atoms with Crippen molar-refractivity contribution in [2.75, 3.05) is 0 Å². The average molecular weight is 237 g/mol. The second-order valence-corrected chi connectivity index (χ2v) is 3.81. The molecule has 0 fully saturated rings. The quantitative estimate of drug-likeness (QED) is 0.708. The topological polar surface area (TPSA) is 84.7 Å². The van der Waals surface area contributed by atoms with Crippen LogP contribution in [0.25, 0.3) is 22.2 Å². The zero-order valence-electron chi connectivity index (χ0n) is 9.34. The van der Waals surface area contributed by atoms with Crippen LogP contribution in [0, 0.1) is 6.07 Å². The third kappa shape index (κ3) is 1.53. The van der Waals surface area contributed by atoms with Crippen molar-refractivity contribution in [3.05, 3.63) is 48.5 Å². The fraction of sp³-hybridized carbons (Fsp3) is 0. The third-order valence-corrected chi connectivity index (χ3v) is 2.72. The van der Waals surface area contributed by atoms with Gasteiger partial charge >= 0.3 is 0 Å². The van der Waals surface area contributed by atoms with E-state index in [1.165, 1.54) is 0 Å². The first kappa shape index (κ1) is 10.5. The van der Waals surface area contributed by atoms with Crippen molar-refractivity contribution >= 4 is 16.9 Å². The SMILES string of the molecule is NC(=O)c1c(-c2cccnc2)cnc2[nH]c[c]c12. The van der Waals surface area contributed by atoms with E-state index in [0.29, 0.717) is 22.2 Å². The molecule has 5 heteroatoms. The standard InChI is InChI=1S/C13H9N4O/c14-12(18)11-9-3-5-16-13(9)17-7-10(11)8-2-1-4-15-6-8/h1-2,4-7H,(H2,14,18)(H,16,17). The number of nitrogens with two attached hydrogens (primary N) is 1. The maximum Gasteiger partial charge on any atom is 0.250 e. The molecule has 87 valence electrons. The van der Waals surface area contributed by atoms with Crippen molar-refractivity contribution in [3.8, 4) is 11.1 Å². The molecule has 0 atom stereocenters. The molecule has 1 radical (unpaired) electrons. The van der Waals surface area contributed by atoms with Gasteiger partial charge in [-0.1, -0.05) is 6.07 Å². The van der Waals surface area contributed by atoms with Crippen LogP contribution in [0.1, 0.15) is 10.4 Å². The number of aromatic nitrogens is 3. The molecule has 3 aromatic rings. The number of pyridine rings is 2. The molecule has 0 aliphatic carbocycles. The van der Waals surface area contributed by atoms with Crippen molar-refractivity contribution < 1.29 is 4.79 Å². The minimum absolute atomic E-state index is 0.411. The maximum absolute atomic E-state index is 11.6. The van der Waals surface area contributed by atoms with Crippen LogP contribution in [0.4, 0.5) is 0 Å². The number of carbonyl (C=O) groups is 1. The van der Waals surface area contributed by atoms with Crippen LogP contribution in [-0.4, -0.2) is 20.9 Å². The maximum atomic E-state index is 11.6. The number of amides is 1. The predicted molar refractivity (Wildman–Crippen MR) is 66.7 cm³/mol. The molecule has 18 heavy (non-hydrogen) atoms. The van der Waals surface area contributed by atoms with Gasteiger partial charge in [0.1, 0.15) is 5.65 Å². The number of nitrogens with one attached hydrogen (secondary N) is 1. The van der Waals surface area contributed by atoms with E-state index in [2.05, 4.69) is 21.0 Å². The van der Waals surface area contributed by atoms with Crippen LogP contribution in [0.3, 0.4) is 0 Å². The molecule has 3 rings (SSSR count). The summed E-state index contributed by atoms with van der Waals surface area (Å²) in [5, 5.41) is 0.601. The average Bonchev–Trinajstić information content (AvgIpc) is 2.86. The Labute approximate surface area is 103 Å². The highest BCUT2D eigenvalue weighted by Crippen LogP contribution is 2.27. The Bertz CT molecular complexity index is 718. The van der Waals surface area contributed by atoms with Crippen molar-refractivity contribution in [1.82, 2.24) is 15.0 Å². The zero-order chi connectivity index (χ0) is 12.5. The van der Waals surface area contributed by atoms with Gasteiger partial charge in [0.2, 0.25) is 5.91 Å². The summed E-state index contributed by atoms with van der Waals surface area (Å²) in [5.74, 6) is -0.503. The summed E-state index contributed by atoms with van der Waals surface area (Å²) in [7, 11) is 0. The number of rotatable bonds is 2. The van der Waals surface area contributed by atoms with Crippen molar-refractivity contribution in [3.63, 3.8) is 0 Å². The van der Waals surface area contributed by atoms with E-state index in [9.17, 15) is 4.79 Å². The molecule has 0 spiro atoms. The molecular weight excluding hydrogens is 228 g/mol. The Kier molecular flexibility index (Phi) is 2.30. The Balaban J connectivity index is 2.35. The first-order valence-electron chi connectivity index (χ1n) is 5.35. The summed E-state index contributed by atoms with van der Waals surface area (Å²) in [4.78, 5) is 22.8. The molecule has 0 aliphatic heterocycles. The van der Waals surface area contributed by atoms with Crippen LogP contribution in [0.15, 0.2) is 36.9 Å². The summed E-state index contributed by atoms with van der Waals surface area (Å²) in [6.07, 6.45) is 6.56. The van der Waals surface area contributed by atoms with Crippen LogP contribution in [0.5, 0.6) is 0 Å². The number of hydrogen-bond donors (Lipinski definition) is 2. The van der Waals surface area contributed by atoms with Crippen LogP contribution < -0.4 is 5.73 Å². The number of hydrogen-bond acceptors (Lipinski definition) is 3. The van der Waals surface area contributed by atoms with E-state index < -0.39 is 5.91 Å². The Morgan fingerprint density at radius 2 is 2.28 bits per heavy atom. The second-order valence-electron chi connectivity index (χ2n) is 3.81. The number of carbonyl (C=O) groups excluding carboxylic acids is 1. The molecular formula is C13H9N4O. The molecule has 3 heterocycles. The first-order chi connectivity index (χ1) is 8.77. The number of nitrogens with zero attached hydrogens (tertiary/aromatic N) is 2. The molecule has 5 nitrogen and oxygen atoms in total. The Morgan fingerprint density at radius 3 is 3.00 bits per heavy atom. The number of fused-ring (bicyclic) bond motifs is 1. The molecule has 3 aromatic heterocycles. The van der Waals surface area contributed by atoms with Gasteiger partial charge in [-0.15, -0.1) is 0 Å². The fourth-order valence-electron chi connectivity index (χ4n) is 1.93. The lowest BCUT2D eigenvalue weighted by Crippen LogP contribution is -2.13. The van der Waals surface area contributed by atoms with Crippen LogP contribution in [-0.2, 0) is 0 Å². The highest BCUT2D eigenvalue weighted by molar-refractivity contribution is 6.10. The van der Waals surface area contributed by atoms with Gasteiger partial charge in [-0.3, -0.25) is 9.78 Å². The minimum atomic E-state index is -0.503. The third-order valence-electron chi connectivity index (χ3n) is 2.72. The van der Waals surface area contributed by atoms with Gasteiger partial charge in [0.15, 0.2) is 0 Å². The van der Waals surface area contributed by atoms with E-state index in [1.807, 2.05) is 6.07 Å². The lowest BCUT2D eigenvalue weighted by molar-refractivity contribution is 0.100. The second kappa shape index (κ2) is 3.96. The van der Waals surface area contributed by atoms with Crippen LogP contribution in [0.2, 0.25) is 0 Å². The van der Waals surface area contributed by atoms with E-state index >= 15 is 0 Å². The molecule has 0 aliphatic rings. The Morgan fingerprint density at radius 1 is 1.39 bits per heavy atom. The highest BCUT2D eigenvalue weighted by atomic mass is 16.1.